The Kier molecular flexibility index (Phi) is 2.88. The van der Waals surface area contributed by atoms with Crippen LogP contribution in [-0.2, 0) is 0 Å². The molecule has 0 spiro atoms. The molecule has 0 saturated carbocycles. The van der Waals surface area contributed by atoms with Gasteiger partial charge in [0.05, 0.1) is 5.69 Å². The first-order valence-electron chi connectivity index (χ1n) is 5.21. The van der Waals surface area contributed by atoms with E-state index in [1.165, 1.54) is 16.7 Å². The third-order valence-corrected chi connectivity index (χ3v) is 2.86. The van der Waals surface area contributed by atoms with Crippen molar-refractivity contribution in [3.05, 3.63) is 45.9 Å². The van der Waals surface area contributed by atoms with Crippen LogP contribution in [0.5, 0.6) is 0 Å². The van der Waals surface area contributed by atoms with Gasteiger partial charge in [0.2, 0.25) is 0 Å². The number of aromatic amines is 1. The zero-order chi connectivity index (χ0) is 11.7. The summed E-state index contributed by atoms with van der Waals surface area (Å²) in [5.74, 6) is 0. The highest BCUT2D eigenvalue weighted by Crippen LogP contribution is 2.24. The number of hydrogen-bond donors (Lipinski definition) is 1. The van der Waals surface area contributed by atoms with Crippen molar-refractivity contribution in [1.29, 1.82) is 0 Å². The number of nitrogens with zero attached hydrogens (tertiary/aromatic N) is 1. The summed E-state index contributed by atoms with van der Waals surface area (Å²) in [7, 11) is 0. The van der Waals surface area contributed by atoms with Gasteiger partial charge in [0.15, 0.2) is 4.77 Å². The second-order valence-corrected chi connectivity index (χ2v) is 4.45. The van der Waals surface area contributed by atoms with Gasteiger partial charge in [-0.05, 0) is 44.1 Å². The Morgan fingerprint density at radius 1 is 1.12 bits per heavy atom. The van der Waals surface area contributed by atoms with Crippen LogP contribution in [0.25, 0.3) is 11.3 Å². The molecule has 82 valence electrons. The standard InChI is InChI=1S/C13H14N2S/c1-8-4-5-11(9(2)6-8)12-10(3)7-14-13(16)15-12/h4-7H,1-3H3,(H,14,15,16). The lowest BCUT2D eigenvalue weighted by molar-refractivity contribution is 1.10. The van der Waals surface area contributed by atoms with E-state index in [1.54, 1.807) is 0 Å². The van der Waals surface area contributed by atoms with Crippen LogP contribution >= 0.6 is 12.2 Å². The maximum atomic E-state index is 5.06. The van der Waals surface area contributed by atoms with E-state index in [4.69, 9.17) is 12.2 Å². The summed E-state index contributed by atoms with van der Waals surface area (Å²) >= 11 is 5.06. The average molecular weight is 230 g/mol. The molecule has 1 aromatic heterocycles. The predicted molar refractivity (Wildman–Crippen MR) is 69.1 cm³/mol. The molecule has 2 nitrogen and oxygen atoms in total. The molecule has 2 aromatic rings. The third-order valence-electron chi connectivity index (χ3n) is 2.65. The first kappa shape index (κ1) is 11.0. The maximum Gasteiger partial charge on any atom is 0.197 e. The van der Waals surface area contributed by atoms with Crippen LogP contribution in [0, 0.1) is 25.5 Å². The fourth-order valence-electron chi connectivity index (χ4n) is 1.83. The first-order chi connectivity index (χ1) is 7.58. The number of benzene rings is 1. The van der Waals surface area contributed by atoms with E-state index in [0.717, 1.165) is 11.3 Å². The number of aryl methyl sites for hydroxylation is 3. The maximum absolute atomic E-state index is 5.06. The van der Waals surface area contributed by atoms with E-state index >= 15 is 0 Å². The number of rotatable bonds is 1. The summed E-state index contributed by atoms with van der Waals surface area (Å²) in [6.45, 7) is 6.24. The second kappa shape index (κ2) is 4.18. The van der Waals surface area contributed by atoms with Crippen molar-refractivity contribution in [3.63, 3.8) is 0 Å². The zero-order valence-electron chi connectivity index (χ0n) is 9.66. The Labute approximate surface area is 100 Å². The summed E-state index contributed by atoms with van der Waals surface area (Å²) in [6.07, 6.45) is 1.81. The number of hydrogen-bond acceptors (Lipinski definition) is 2. The number of H-pyrrole nitrogens is 1. The minimum Gasteiger partial charge on any atom is -0.330 e. The van der Waals surface area contributed by atoms with Gasteiger partial charge in [-0.2, -0.15) is 0 Å². The minimum atomic E-state index is 0.528. The van der Waals surface area contributed by atoms with Crippen molar-refractivity contribution in [2.24, 2.45) is 0 Å². The van der Waals surface area contributed by atoms with Crippen molar-refractivity contribution in [3.8, 4) is 11.3 Å². The summed E-state index contributed by atoms with van der Waals surface area (Å²) in [5, 5.41) is 0. The molecule has 0 aliphatic carbocycles. The Bertz CT molecular complexity index is 585. The van der Waals surface area contributed by atoms with Crippen molar-refractivity contribution in [1.82, 2.24) is 9.97 Å². The lowest BCUT2D eigenvalue weighted by Crippen LogP contribution is -1.93. The van der Waals surface area contributed by atoms with Gasteiger partial charge >= 0.3 is 0 Å². The molecule has 1 N–H and O–H groups in total. The van der Waals surface area contributed by atoms with Crippen molar-refractivity contribution >= 4 is 12.2 Å². The predicted octanol–water partition coefficient (Wildman–Crippen LogP) is 3.73. The van der Waals surface area contributed by atoms with Gasteiger partial charge in [-0.3, -0.25) is 0 Å². The molecule has 0 aliphatic rings. The largest absolute Gasteiger partial charge is 0.330 e. The molecule has 0 saturated heterocycles. The minimum absolute atomic E-state index is 0.528. The monoisotopic (exact) mass is 230 g/mol. The van der Waals surface area contributed by atoms with Gasteiger partial charge in [-0.15, -0.1) is 0 Å². The van der Waals surface area contributed by atoms with Crippen LogP contribution in [0.3, 0.4) is 0 Å². The summed E-state index contributed by atoms with van der Waals surface area (Å²) in [6, 6.07) is 6.41. The van der Waals surface area contributed by atoms with E-state index < -0.39 is 0 Å². The van der Waals surface area contributed by atoms with Crippen LogP contribution in [0.15, 0.2) is 24.4 Å². The second-order valence-electron chi connectivity index (χ2n) is 4.06. The molecule has 0 unspecified atom stereocenters. The van der Waals surface area contributed by atoms with Gasteiger partial charge in [-0.1, -0.05) is 23.8 Å². The van der Waals surface area contributed by atoms with E-state index in [0.29, 0.717) is 4.77 Å². The Balaban J connectivity index is 2.67. The molecule has 1 heterocycles. The molecule has 1 aromatic carbocycles. The fraction of sp³-hybridized carbons (Fsp3) is 0.231. The van der Waals surface area contributed by atoms with E-state index in [2.05, 4.69) is 42.0 Å². The summed E-state index contributed by atoms with van der Waals surface area (Å²) in [5.41, 5.74) is 5.89. The van der Waals surface area contributed by atoms with E-state index in [-0.39, 0.29) is 0 Å². The van der Waals surface area contributed by atoms with Crippen LogP contribution in [0.1, 0.15) is 16.7 Å². The molecule has 0 fully saturated rings. The van der Waals surface area contributed by atoms with Gasteiger partial charge in [0, 0.05) is 11.8 Å². The Morgan fingerprint density at radius 3 is 2.56 bits per heavy atom. The molecular formula is C13H14N2S. The van der Waals surface area contributed by atoms with Crippen LogP contribution in [0.4, 0.5) is 0 Å². The highest BCUT2D eigenvalue weighted by molar-refractivity contribution is 7.71. The first-order valence-corrected chi connectivity index (χ1v) is 5.62. The van der Waals surface area contributed by atoms with Crippen molar-refractivity contribution in [2.75, 3.05) is 0 Å². The smallest absolute Gasteiger partial charge is 0.197 e. The highest BCUT2D eigenvalue weighted by atomic mass is 32.1. The SMILES string of the molecule is Cc1ccc(-c2[nH]c(=S)ncc2C)c(C)c1. The highest BCUT2D eigenvalue weighted by Gasteiger charge is 2.05. The van der Waals surface area contributed by atoms with Crippen molar-refractivity contribution in [2.45, 2.75) is 20.8 Å². The van der Waals surface area contributed by atoms with E-state index in [1.807, 2.05) is 13.1 Å². The lowest BCUT2D eigenvalue weighted by Gasteiger charge is -2.09. The third kappa shape index (κ3) is 2.04. The molecule has 0 aliphatic heterocycles. The molecule has 0 radical (unpaired) electrons. The Hall–Kier alpha value is -1.48. The number of nitrogens with one attached hydrogen (secondary N) is 1. The molecule has 2 rings (SSSR count). The van der Waals surface area contributed by atoms with E-state index in [9.17, 15) is 0 Å². The molecule has 0 atom stereocenters. The molecule has 3 heteroatoms. The molecule has 0 bridgehead atoms. The summed E-state index contributed by atoms with van der Waals surface area (Å²) < 4.78 is 0.528. The zero-order valence-corrected chi connectivity index (χ0v) is 10.5. The van der Waals surface area contributed by atoms with Crippen LogP contribution < -0.4 is 0 Å². The van der Waals surface area contributed by atoms with Gasteiger partial charge < -0.3 is 4.98 Å². The van der Waals surface area contributed by atoms with Crippen molar-refractivity contribution < 1.29 is 0 Å². The normalized spacial score (nSPS) is 10.4. The lowest BCUT2D eigenvalue weighted by atomic mass is 10.0. The van der Waals surface area contributed by atoms with Gasteiger partial charge in [-0.25, -0.2) is 4.98 Å². The van der Waals surface area contributed by atoms with Gasteiger partial charge in [0.25, 0.3) is 0 Å². The number of aromatic nitrogens is 2. The summed E-state index contributed by atoms with van der Waals surface area (Å²) in [4.78, 5) is 7.23. The van der Waals surface area contributed by atoms with Crippen LogP contribution in [0.2, 0.25) is 0 Å². The average Bonchev–Trinajstić information content (AvgIpc) is 2.22. The molecule has 0 amide bonds. The Morgan fingerprint density at radius 2 is 1.88 bits per heavy atom. The van der Waals surface area contributed by atoms with Gasteiger partial charge in [0.1, 0.15) is 0 Å². The molecule has 16 heavy (non-hydrogen) atoms. The fourth-order valence-corrected chi connectivity index (χ4v) is 1.99. The van der Waals surface area contributed by atoms with Crippen LogP contribution in [-0.4, -0.2) is 9.97 Å². The quantitative estimate of drug-likeness (QED) is 0.756. The topological polar surface area (TPSA) is 28.7 Å². The molecular weight excluding hydrogens is 216 g/mol.